The average Bonchev–Trinajstić information content (AvgIpc) is 2.53. The van der Waals surface area contributed by atoms with Gasteiger partial charge >= 0.3 is 0 Å². The number of ether oxygens (including phenoxy) is 1. The van der Waals surface area contributed by atoms with Crippen LogP contribution in [0.3, 0.4) is 0 Å². The second kappa shape index (κ2) is 4.93. The van der Waals surface area contributed by atoms with Crippen molar-refractivity contribution in [3.63, 3.8) is 0 Å². The van der Waals surface area contributed by atoms with Crippen LogP contribution in [0.2, 0.25) is 0 Å². The van der Waals surface area contributed by atoms with Crippen molar-refractivity contribution < 1.29 is 9.30 Å². The number of aryl methyl sites for hydroxylation is 1. The molecule has 0 saturated carbocycles. The number of hydrogen-bond acceptors (Lipinski definition) is 1. The molecule has 1 aromatic rings. The van der Waals surface area contributed by atoms with Crippen LogP contribution >= 0.6 is 0 Å². The molecule has 0 aliphatic carbocycles. The fourth-order valence-electron chi connectivity index (χ4n) is 1.07. The molecule has 0 unspecified atom stereocenters. The van der Waals surface area contributed by atoms with Gasteiger partial charge in [-0.15, -0.1) is 0 Å². The molecule has 1 heterocycles. The molecular weight excluding hydrogens is 152 g/mol. The molecule has 12 heavy (non-hydrogen) atoms. The Bertz CT molecular complexity index is 220. The van der Waals surface area contributed by atoms with Crippen LogP contribution in [0.1, 0.15) is 13.8 Å². The molecule has 0 atom stereocenters. The summed E-state index contributed by atoms with van der Waals surface area (Å²) >= 11 is 0. The number of imidazole rings is 1. The smallest absolute Gasteiger partial charge is 0.243 e. The van der Waals surface area contributed by atoms with Crippen molar-refractivity contribution in [2.24, 2.45) is 0 Å². The zero-order chi connectivity index (χ0) is 8.81. The Labute approximate surface area is 73.6 Å². The van der Waals surface area contributed by atoms with E-state index < -0.39 is 0 Å². The minimum Gasteiger partial charge on any atom is -0.378 e. The van der Waals surface area contributed by atoms with E-state index in [1.807, 2.05) is 6.92 Å². The van der Waals surface area contributed by atoms with Crippen LogP contribution < -0.4 is 4.57 Å². The normalized spacial score (nSPS) is 10.5. The predicted octanol–water partition coefficient (Wildman–Crippen LogP) is 0.832. The van der Waals surface area contributed by atoms with Crippen LogP contribution in [0.25, 0.3) is 0 Å². The SMILES string of the molecule is CCOCCn1cc[n+](CC)c1. The summed E-state index contributed by atoms with van der Waals surface area (Å²) in [6, 6.07) is 0. The summed E-state index contributed by atoms with van der Waals surface area (Å²) in [6.45, 7) is 7.72. The first-order valence-corrected chi connectivity index (χ1v) is 4.49. The summed E-state index contributed by atoms with van der Waals surface area (Å²) in [5, 5.41) is 0. The van der Waals surface area contributed by atoms with Gasteiger partial charge in [-0.25, -0.2) is 9.13 Å². The maximum Gasteiger partial charge on any atom is 0.243 e. The molecule has 0 bridgehead atoms. The van der Waals surface area contributed by atoms with E-state index >= 15 is 0 Å². The summed E-state index contributed by atoms with van der Waals surface area (Å²) in [5.41, 5.74) is 0. The summed E-state index contributed by atoms with van der Waals surface area (Å²) in [5.74, 6) is 0. The first kappa shape index (κ1) is 9.26. The highest BCUT2D eigenvalue weighted by atomic mass is 16.5. The second-order valence-corrected chi connectivity index (χ2v) is 2.68. The van der Waals surface area contributed by atoms with Crippen LogP contribution in [0.4, 0.5) is 0 Å². The molecule has 68 valence electrons. The highest BCUT2D eigenvalue weighted by molar-refractivity contribution is 4.65. The molecule has 0 spiro atoms. The summed E-state index contributed by atoms with van der Waals surface area (Å²) in [6.07, 6.45) is 6.24. The van der Waals surface area contributed by atoms with Crippen molar-refractivity contribution in [1.82, 2.24) is 4.57 Å². The Balaban J connectivity index is 2.31. The molecule has 0 amide bonds. The van der Waals surface area contributed by atoms with E-state index in [1.54, 1.807) is 0 Å². The molecule has 0 saturated heterocycles. The van der Waals surface area contributed by atoms with Gasteiger partial charge in [-0.3, -0.25) is 0 Å². The fraction of sp³-hybridized carbons (Fsp3) is 0.667. The van der Waals surface area contributed by atoms with Gasteiger partial charge in [0.25, 0.3) is 0 Å². The van der Waals surface area contributed by atoms with Crippen molar-refractivity contribution in [2.75, 3.05) is 13.2 Å². The lowest BCUT2D eigenvalue weighted by Crippen LogP contribution is -2.29. The van der Waals surface area contributed by atoms with E-state index in [4.69, 9.17) is 4.74 Å². The minimum atomic E-state index is 0.800. The Morgan fingerprint density at radius 1 is 1.42 bits per heavy atom. The number of rotatable bonds is 5. The third-order valence-electron chi connectivity index (χ3n) is 1.81. The summed E-state index contributed by atoms with van der Waals surface area (Å²) in [7, 11) is 0. The lowest BCUT2D eigenvalue weighted by molar-refractivity contribution is -0.693. The zero-order valence-corrected chi connectivity index (χ0v) is 7.86. The van der Waals surface area contributed by atoms with Crippen molar-refractivity contribution in [3.05, 3.63) is 18.7 Å². The van der Waals surface area contributed by atoms with E-state index in [1.165, 1.54) is 0 Å². The van der Waals surface area contributed by atoms with E-state index in [9.17, 15) is 0 Å². The maximum atomic E-state index is 5.25. The quantitative estimate of drug-likeness (QED) is 0.471. The predicted molar refractivity (Wildman–Crippen MR) is 46.8 cm³/mol. The Morgan fingerprint density at radius 3 is 2.83 bits per heavy atom. The van der Waals surface area contributed by atoms with Gasteiger partial charge < -0.3 is 4.74 Å². The largest absolute Gasteiger partial charge is 0.378 e. The number of aromatic nitrogens is 2. The molecule has 0 N–H and O–H groups in total. The zero-order valence-electron chi connectivity index (χ0n) is 7.86. The van der Waals surface area contributed by atoms with E-state index in [0.29, 0.717) is 0 Å². The maximum absolute atomic E-state index is 5.25. The lowest BCUT2D eigenvalue weighted by atomic mass is 10.6. The Morgan fingerprint density at radius 2 is 2.25 bits per heavy atom. The standard InChI is InChI=1S/C9H17N2O/c1-3-10-5-6-11(9-10)7-8-12-4-2/h5-6,9H,3-4,7-8H2,1-2H3/q+1. The average molecular weight is 169 g/mol. The van der Waals surface area contributed by atoms with E-state index in [-0.39, 0.29) is 0 Å². The van der Waals surface area contributed by atoms with Gasteiger partial charge in [0, 0.05) is 6.61 Å². The molecule has 1 rings (SSSR count). The van der Waals surface area contributed by atoms with E-state index in [0.717, 1.165) is 26.3 Å². The van der Waals surface area contributed by atoms with Gasteiger partial charge in [0.05, 0.1) is 13.2 Å². The second-order valence-electron chi connectivity index (χ2n) is 2.68. The van der Waals surface area contributed by atoms with Crippen LogP contribution in [-0.4, -0.2) is 17.8 Å². The topological polar surface area (TPSA) is 18.0 Å². The monoisotopic (exact) mass is 169 g/mol. The van der Waals surface area contributed by atoms with Gasteiger partial charge in [0.1, 0.15) is 18.9 Å². The van der Waals surface area contributed by atoms with Crippen molar-refractivity contribution in [1.29, 1.82) is 0 Å². The molecule has 0 aliphatic heterocycles. The first-order valence-electron chi connectivity index (χ1n) is 4.49. The third kappa shape index (κ3) is 2.66. The minimum absolute atomic E-state index is 0.800. The third-order valence-corrected chi connectivity index (χ3v) is 1.81. The van der Waals surface area contributed by atoms with Gasteiger partial charge in [-0.05, 0) is 13.8 Å². The molecule has 0 fully saturated rings. The van der Waals surface area contributed by atoms with Gasteiger partial charge in [0.2, 0.25) is 6.33 Å². The van der Waals surface area contributed by atoms with Gasteiger partial charge in [-0.2, -0.15) is 0 Å². The molecule has 0 aromatic carbocycles. The van der Waals surface area contributed by atoms with Crippen LogP contribution in [0.5, 0.6) is 0 Å². The Hall–Kier alpha value is -0.830. The summed E-state index contributed by atoms with van der Waals surface area (Å²) < 4.78 is 9.53. The Kier molecular flexibility index (Phi) is 3.80. The molecule has 0 radical (unpaired) electrons. The van der Waals surface area contributed by atoms with Gasteiger partial charge in [0.15, 0.2) is 0 Å². The highest BCUT2D eigenvalue weighted by Gasteiger charge is 1.99. The number of nitrogens with zero attached hydrogens (tertiary/aromatic N) is 2. The molecule has 1 aromatic heterocycles. The van der Waals surface area contributed by atoms with Crippen LogP contribution in [0, 0.1) is 0 Å². The highest BCUT2D eigenvalue weighted by Crippen LogP contribution is 1.85. The van der Waals surface area contributed by atoms with Crippen molar-refractivity contribution in [3.8, 4) is 0 Å². The van der Waals surface area contributed by atoms with Gasteiger partial charge in [-0.1, -0.05) is 0 Å². The molecule has 3 heteroatoms. The fourth-order valence-corrected chi connectivity index (χ4v) is 1.07. The van der Waals surface area contributed by atoms with Crippen LogP contribution in [-0.2, 0) is 17.8 Å². The molecule has 0 aliphatic rings. The van der Waals surface area contributed by atoms with Crippen molar-refractivity contribution >= 4 is 0 Å². The lowest BCUT2D eigenvalue weighted by Gasteiger charge is -1.96. The van der Waals surface area contributed by atoms with Crippen molar-refractivity contribution in [2.45, 2.75) is 26.9 Å². The first-order chi connectivity index (χ1) is 5.86. The molecule has 3 nitrogen and oxygen atoms in total. The van der Waals surface area contributed by atoms with E-state index in [2.05, 4.69) is 34.8 Å². The van der Waals surface area contributed by atoms with Crippen LogP contribution in [0.15, 0.2) is 18.7 Å². The number of hydrogen-bond donors (Lipinski definition) is 0. The molecular formula is C9H17N2O+. The summed E-state index contributed by atoms with van der Waals surface area (Å²) in [4.78, 5) is 0.